The molecule has 0 spiro atoms. The number of carboxylic acid groups (broad SMARTS) is 3. The monoisotopic (exact) mass is 1330 g/mol. The Kier molecular flexibility index (Phi) is 35.5. The average molecular weight is 1330 g/mol. The number of alkyl carbamates (subject to hydrolysis) is 1. The van der Waals surface area contributed by atoms with Crippen LogP contribution in [0.5, 0.6) is 0 Å². The predicted octanol–water partition coefficient (Wildman–Crippen LogP) is 6.12. The van der Waals surface area contributed by atoms with Crippen molar-refractivity contribution in [2.75, 3.05) is 32.7 Å². The normalized spacial score (nSPS) is 12.7. The van der Waals surface area contributed by atoms with Crippen LogP contribution in [-0.4, -0.2) is 166 Å². The fourth-order valence-electron chi connectivity index (χ4n) is 9.37. The zero-order valence-electron chi connectivity index (χ0n) is 55.1. The van der Waals surface area contributed by atoms with Gasteiger partial charge in [-0.25, -0.2) is 24.0 Å². The summed E-state index contributed by atoms with van der Waals surface area (Å²) in [5, 5.41) is 52.5. The maximum absolute atomic E-state index is 14.4. The van der Waals surface area contributed by atoms with Crippen LogP contribution in [0.3, 0.4) is 0 Å². The molecule has 5 atom stereocenters. The topological polar surface area (TPSA) is 432 Å². The van der Waals surface area contributed by atoms with E-state index < -0.39 is 120 Å². The summed E-state index contributed by atoms with van der Waals surface area (Å²) in [6.07, 6.45) is 1.09. The van der Waals surface area contributed by atoms with Gasteiger partial charge in [0.1, 0.15) is 41.4 Å². The van der Waals surface area contributed by atoms with Crippen LogP contribution in [0.1, 0.15) is 165 Å². The molecule has 0 radical (unpaired) electrons. The molecule has 29 heteroatoms. The number of amides is 9. The molecular weight excluding hydrogens is 1230 g/mol. The van der Waals surface area contributed by atoms with Crippen molar-refractivity contribution in [3.05, 3.63) is 118 Å². The van der Waals surface area contributed by atoms with E-state index in [-0.39, 0.29) is 96.5 Å². The average Bonchev–Trinajstić information content (AvgIpc) is 0.902. The number of hydrogen-bond donors (Lipinski definition) is 11. The van der Waals surface area contributed by atoms with Gasteiger partial charge >= 0.3 is 36.0 Å². The molecule has 3 rings (SSSR count). The van der Waals surface area contributed by atoms with Gasteiger partial charge in [0.05, 0.1) is 5.56 Å². The molecule has 9 amide bonds. The van der Waals surface area contributed by atoms with E-state index in [4.69, 9.17) is 20.1 Å². The Hall–Kier alpha value is -9.79. The van der Waals surface area contributed by atoms with Crippen LogP contribution in [0.15, 0.2) is 90.0 Å². The Balaban J connectivity index is 1.64. The van der Waals surface area contributed by atoms with Crippen molar-refractivity contribution < 1.29 is 82.3 Å². The summed E-state index contributed by atoms with van der Waals surface area (Å²) < 4.78 is 10.8. The maximum atomic E-state index is 14.4. The number of nitrogens with zero attached hydrogens (tertiary/aromatic N) is 4. The van der Waals surface area contributed by atoms with Gasteiger partial charge in [-0.05, 0) is 140 Å². The largest absolute Gasteiger partial charge is 0.481 e. The van der Waals surface area contributed by atoms with Gasteiger partial charge in [-0.2, -0.15) is 0 Å². The molecule has 5 unspecified atom stereocenters. The molecule has 0 saturated heterocycles. The van der Waals surface area contributed by atoms with E-state index in [0.717, 1.165) is 0 Å². The van der Waals surface area contributed by atoms with Crippen molar-refractivity contribution >= 4 is 71.4 Å². The Morgan fingerprint density at radius 1 is 0.495 bits per heavy atom. The zero-order valence-corrected chi connectivity index (χ0v) is 55.1. The number of carboxylic acids is 3. The number of nitrogens with one attached hydrogen (secondary N) is 8. The first-order chi connectivity index (χ1) is 45.0. The lowest BCUT2D eigenvalue weighted by atomic mass is 10.0. The van der Waals surface area contributed by atoms with Crippen molar-refractivity contribution in [1.29, 1.82) is 0 Å². The quantitative estimate of drug-likeness (QED) is 0.00999. The highest BCUT2D eigenvalue weighted by atomic mass is 16.6. The van der Waals surface area contributed by atoms with E-state index in [9.17, 15) is 67.7 Å². The van der Waals surface area contributed by atoms with Crippen LogP contribution >= 0.6 is 0 Å². The third-order valence-electron chi connectivity index (χ3n) is 14.2. The Morgan fingerprint density at radius 2 is 1.01 bits per heavy atom. The molecule has 0 aliphatic rings. The number of carbonyl (C=O) groups is 12. The number of unbranched alkanes of at least 4 members (excludes halogenated alkanes) is 4. The molecule has 0 aliphatic carbocycles. The van der Waals surface area contributed by atoms with Crippen molar-refractivity contribution in [2.45, 2.75) is 199 Å². The highest BCUT2D eigenvalue weighted by Gasteiger charge is 2.31. The van der Waals surface area contributed by atoms with Crippen LogP contribution in [0.25, 0.3) is 10.4 Å². The second-order valence-corrected chi connectivity index (χ2v) is 24.6. The minimum Gasteiger partial charge on any atom is -0.481 e. The Bertz CT molecular complexity index is 3040. The van der Waals surface area contributed by atoms with Gasteiger partial charge < -0.3 is 72.2 Å². The Labute approximate surface area is 553 Å². The van der Waals surface area contributed by atoms with E-state index in [0.29, 0.717) is 67.2 Å². The number of rotatable bonds is 43. The van der Waals surface area contributed by atoms with Gasteiger partial charge in [-0.15, -0.1) is 0 Å². The van der Waals surface area contributed by atoms with Crippen molar-refractivity contribution in [1.82, 2.24) is 47.4 Å². The standard InChI is InChI=1S/C66H94N12O17/c1-65(2,3)94-62(91)47-30-28-46(29-31-47)43-78(40-19-16-26-49(60(87)88)75-63(92)76-50(61(89)90)32-35-56(82)83)55(81)27-14-9-17-36-68-53(79)33-34-54(80)72-51(41-44-21-10-7-11-22-44)58(85)74-52(42-45-23-12-8-13-24-45)59(86)73-48(57(84)69-38-20-39-71-77-67)25-15-18-37-70-64(93)95-66(4,5)6/h7-8,10-13,21-24,28-31,48-52H,9,14-20,25-27,32-43H2,1-6H3,(H,68,79)(H,69,84)(H,70,93)(H,72,80)(H,73,86)(H,74,85)(H,82,83)(H,87,88)(H,89,90)(H2,75,76,92). The lowest BCUT2D eigenvalue weighted by molar-refractivity contribution is -0.141. The van der Waals surface area contributed by atoms with Gasteiger partial charge in [0.2, 0.25) is 35.4 Å². The van der Waals surface area contributed by atoms with Gasteiger partial charge in [0, 0.05) is 82.7 Å². The molecule has 0 aromatic heterocycles. The van der Waals surface area contributed by atoms with E-state index >= 15 is 0 Å². The molecule has 29 nitrogen and oxygen atoms in total. The number of aliphatic carboxylic acids is 3. The number of azide groups is 1. The molecule has 0 saturated carbocycles. The minimum absolute atomic E-state index is 0.00000203. The number of esters is 1. The molecule has 0 bridgehead atoms. The third-order valence-corrected chi connectivity index (χ3v) is 14.2. The van der Waals surface area contributed by atoms with Crippen LogP contribution in [0.4, 0.5) is 9.59 Å². The number of carbonyl (C=O) groups excluding carboxylic acids is 9. The lowest BCUT2D eigenvalue weighted by Crippen LogP contribution is -2.57. The highest BCUT2D eigenvalue weighted by molar-refractivity contribution is 5.95. The summed E-state index contributed by atoms with van der Waals surface area (Å²) in [4.78, 5) is 159. The van der Waals surface area contributed by atoms with E-state index in [1.165, 1.54) is 0 Å². The second kappa shape index (κ2) is 42.4. The first kappa shape index (κ1) is 79.4. The van der Waals surface area contributed by atoms with Gasteiger partial charge in [0.25, 0.3) is 0 Å². The van der Waals surface area contributed by atoms with Gasteiger partial charge in [-0.1, -0.05) is 84.3 Å². The third kappa shape index (κ3) is 35.2. The minimum atomic E-state index is -1.58. The van der Waals surface area contributed by atoms with Gasteiger partial charge in [0.15, 0.2) is 0 Å². The van der Waals surface area contributed by atoms with E-state index in [1.807, 2.05) is 0 Å². The van der Waals surface area contributed by atoms with Crippen LogP contribution in [0.2, 0.25) is 0 Å². The van der Waals surface area contributed by atoms with Gasteiger partial charge in [-0.3, -0.25) is 33.6 Å². The number of hydrogen-bond acceptors (Lipinski definition) is 15. The van der Waals surface area contributed by atoms with Crippen molar-refractivity contribution in [3.63, 3.8) is 0 Å². The maximum Gasteiger partial charge on any atom is 0.407 e. The second-order valence-electron chi connectivity index (χ2n) is 24.6. The summed E-state index contributed by atoms with van der Waals surface area (Å²) in [5.74, 6) is -7.93. The summed E-state index contributed by atoms with van der Waals surface area (Å²) in [7, 11) is 0. The molecule has 11 N–H and O–H groups in total. The lowest BCUT2D eigenvalue weighted by Gasteiger charge is -2.26. The smallest absolute Gasteiger partial charge is 0.407 e. The Morgan fingerprint density at radius 3 is 1.58 bits per heavy atom. The van der Waals surface area contributed by atoms with Crippen LogP contribution in [-0.2, 0) is 72.0 Å². The highest BCUT2D eigenvalue weighted by Crippen LogP contribution is 2.17. The SMILES string of the molecule is CC(C)(C)OC(=O)NCCCCC(NC(=O)C(Cc1ccccc1)NC(=O)C(Cc1ccccc1)NC(=O)CCC(=O)NCCCCCC(=O)N(CCCCC(NC(=O)NC(CCC(=O)O)C(=O)O)C(=O)O)Cc1ccc(C(=O)OC(C)(C)C)cc1)C(=O)NCCCN=[N+]=[N-]. The summed E-state index contributed by atoms with van der Waals surface area (Å²) in [5.41, 5.74) is 9.60. The van der Waals surface area contributed by atoms with Crippen molar-refractivity contribution in [3.8, 4) is 0 Å². The number of urea groups is 1. The van der Waals surface area contributed by atoms with Crippen LogP contribution < -0.4 is 42.5 Å². The molecule has 3 aromatic rings. The molecule has 95 heavy (non-hydrogen) atoms. The van der Waals surface area contributed by atoms with Crippen LogP contribution in [0, 0.1) is 0 Å². The first-order valence-electron chi connectivity index (χ1n) is 31.9. The predicted molar refractivity (Wildman–Crippen MR) is 349 cm³/mol. The summed E-state index contributed by atoms with van der Waals surface area (Å²) in [6.45, 7) is 11.5. The molecule has 0 heterocycles. The summed E-state index contributed by atoms with van der Waals surface area (Å²) in [6, 6.07) is 16.6. The molecule has 520 valence electrons. The molecule has 3 aromatic carbocycles. The number of ether oxygens (including phenoxy) is 2. The molecule has 0 aliphatic heterocycles. The van der Waals surface area contributed by atoms with E-state index in [1.54, 1.807) is 131 Å². The summed E-state index contributed by atoms with van der Waals surface area (Å²) >= 11 is 0. The van der Waals surface area contributed by atoms with Crippen molar-refractivity contribution in [2.24, 2.45) is 5.11 Å². The fraction of sp³-hybridized carbons (Fsp3) is 0.545. The zero-order chi connectivity index (χ0) is 70.3. The number of benzene rings is 3. The fourth-order valence-corrected chi connectivity index (χ4v) is 9.37. The molecular formula is C66H94N12O17. The molecule has 0 fully saturated rings. The first-order valence-corrected chi connectivity index (χ1v) is 31.9. The van der Waals surface area contributed by atoms with E-state index in [2.05, 4.69) is 52.6 Å².